The number of rotatable bonds is 5. The maximum Gasteiger partial charge on any atom is 0.335 e. The molecule has 6 heteroatoms. The zero-order valence-corrected chi connectivity index (χ0v) is 12.2. The summed E-state index contributed by atoms with van der Waals surface area (Å²) < 4.78 is 1.05. The van der Waals surface area contributed by atoms with E-state index in [1.165, 1.54) is 0 Å². The summed E-state index contributed by atoms with van der Waals surface area (Å²) in [7, 11) is 3.47. The molecule has 0 saturated heterocycles. The molecular weight excluding hydrogens is 276 g/mol. The monoisotopic (exact) mass is 292 g/mol. The number of hydrogen-bond acceptors (Lipinski definition) is 4. The number of likely N-dealkylation sites (N-methyl/N-ethyl adjacent to an activating group) is 2. The van der Waals surface area contributed by atoms with Crippen molar-refractivity contribution in [1.29, 1.82) is 0 Å². The molecule has 20 heavy (non-hydrogen) atoms. The predicted octanol–water partition coefficient (Wildman–Crippen LogP) is 1.78. The van der Waals surface area contributed by atoms with Gasteiger partial charge in [0.25, 0.3) is 0 Å². The first-order chi connectivity index (χ1) is 9.51. The number of thiophene rings is 1. The van der Waals surface area contributed by atoms with Gasteiger partial charge in [0.2, 0.25) is 5.91 Å². The molecular formula is C14H16N2O3S. The van der Waals surface area contributed by atoms with Crippen molar-refractivity contribution in [3.8, 4) is 0 Å². The second-order valence-electron chi connectivity index (χ2n) is 4.62. The first kappa shape index (κ1) is 14.5. The average Bonchev–Trinajstić information content (AvgIpc) is 2.80. The van der Waals surface area contributed by atoms with E-state index in [1.54, 1.807) is 30.5 Å². The Morgan fingerprint density at radius 2 is 2.15 bits per heavy atom. The predicted molar refractivity (Wildman–Crippen MR) is 79.2 cm³/mol. The number of carbonyl (C=O) groups is 2. The molecule has 1 amide bonds. The highest BCUT2D eigenvalue weighted by atomic mass is 32.1. The molecule has 1 heterocycles. The Morgan fingerprint density at radius 1 is 1.40 bits per heavy atom. The minimum Gasteiger partial charge on any atom is -0.478 e. The molecule has 1 aromatic heterocycles. The molecule has 0 atom stereocenters. The van der Waals surface area contributed by atoms with Crippen molar-refractivity contribution in [3.05, 3.63) is 34.7 Å². The summed E-state index contributed by atoms with van der Waals surface area (Å²) in [5, 5.41) is 14.6. The highest BCUT2D eigenvalue weighted by molar-refractivity contribution is 7.17. The van der Waals surface area contributed by atoms with E-state index in [0.717, 1.165) is 15.6 Å². The SMILES string of the molecule is CNC(=O)CN(C)Cc1csc2ccc(C(=O)O)cc12. The molecule has 0 saturated carbocycles. The zero-order chi connectivity index (χ0) is 14.7. The Balaban J connectivity index is 2.23. The molecule has 2 rings (SSSR count). The molecule has 0 unspecified atom stereocenters. The van der Waals surface area contributed by atoms with Crippen LogP contribution in [0.4, 0.5) is 0 Å². The first-order valence-corrected chi connectivity index (χ1v) is 7.01. The van der Waals surface area contributed by atoms with E-state index in [0.29, 0.717) is 13.1 Å². The molecule has 0 spiro atoms. The summed E-state index contributed by atoms with van der Waals surface area (Å²) in [5.41, 5.74) is 1.32. The molecule has 5 nitrogen and oxygen atoms in total. The van der Waals surface area contributed by atoms with Crippen molar-refractivity contribution in [1.82, 2.24) is 10.2 Å². The summed E-state index contributed by atoms with van der Waals surface area (Å²) >= 11 is 1.58. The van der Waals surface area contributed by atoms with Gasteiger partial charge in [-0.05, 0) is 41.6 Å². The minimum absolute atomic E-state index is 0.0433. The maximum atomic E-state index is 11.3. The van der Waals surface area contributed by atoms with E-state index < -0.39 is 5.97 Å². The van der Waals surface area contributed by atoms with Crippen LogP contribution in [0.3, 0.4) is 0 Å². The van der Waals surface area contributed by atoms with Crippen molar-refractivity contribution in [2.45, 2.75) is 6.54 Å². The fourth-order valence-corrected chi connectivity index (χ4v) is 2.94. The Morgan fingerprint density at radius 3 is 2.80 bits per heavy atom. The third kappa shape index (κ3) is 3.15. The molecule has 1 aromatic carbocycles. The lowest BCUT2D eigenvalue weighted by molar-refractivity contribution is -0.121. The largest absolute Gasteiger partial charge is 0.478 e. The molecule has 0 radical (unpaired) electrons. The smallest absolute Gasteiger partial charge is 0.335 e. The quantitative estimate of drug-likeness (QED) is 0.881. The van der Waals surface area contributed by atoms with Gasteiger partial charge >= 0.3 is 5.97 Å². The van der Waals surface area contributed by atoms with Gasteiger partial charge in [0.15, 0.2) is 0 Å². The number of hydrogen-bond donors (Lipinski definition) is 2. The second-order valence-corrected chi connectivity index (χ2v) is 5.53. The molecule has 0 bridgehead atoms. The van der Waals surface area contributed by atoms with Crippen LogP contribution >= 0.6 is 11.3 Å². The van der Waals surface area contributed by atoms with E-state index in [2.05, 4.69) is 5.32 Å². The zero-order valence-electron chi connectivity index (χ0n) is 11.3. The van der Waals surface area contributed by atoms with Crippen molar-refractivity contribution in [3.63, 3.8) is 0 Å². The Hall–Kier alpha value is -1.92. The number of carbonyl (C=O) groups excluding carboxylic acids is 1. The van der Waals surface area contributed by atoms with Gasteiger partial charge in [0.05, 0.1) is 12.1 Å². The second kappa shape index (κ2) is 6.02. The average molecular weight is 292 g/mol. The third-order valence-corrected chi connectivity index (χ3v) is 4.05. The first-order valence-electron chi connectivity index (χ1n) is 6.14. The van der Waals surface area contributed by atoms with Crippen LogP contribution in [0.5, 0.6) is 0 Å². The number of amides is 1. The maximum absolute atomic E-state index is 11.3. The summed E-state index contributed by atoms with van der Waals surface area (Å²) in [6, 6.07) is 5.13. The van der Waals surface area contributed by atoms with Crippen LogP contribution < -0.4 is 5.32 Å². The van der Waals surface area contributed by atoms with E-state index in [9.17, 15) is 9.59 Å². The molecule has 2 aromatic rings. The Kier molecular flexibility index (Phi) is 4.36. The van der Waals surface area contributed by atoms with Gasteiger partial charge in [0.1, 0.15) is 0 Å². The number of carboxylic acids is 1. The third-order valence-electron chi connectivity index (χ3n) is 3.03. The number of nitrogens with one attached hydrogen (secondary N) is 1. The molecule has 0 aliphatic carbocycles. The van der Waals surface area contributed by atoms with Crippen molar-refractivity contribution in [2.24, 2.45) is 0 Å². The van der Waals surface area contributed by atoms with Crippen LogP contribution in [0.15, 0.2) is 23.6 Å². The van der Waals surface area contributed by atoms with Crippen LogP contribution in [-0.4, -0.2) is 42.5 Å². The molecule has 0 aliphatic heterocycles. The van der Waals surface area contributed by atoms with E-state index in [4.69, 9.17) is 5.11 Å². The summed E-state index contributed by atoms with van der Waals surface area (Å²) in [6.07, 6.45) is 0. The van der Waals surface area contributed by atoms with Gasteiger partial charge in [-0.1, -0.05) is 0 Å². The summed E-state index contributed by atoms with van der Waals surface area (Å²) in [6.45, 7) is 0.920. The lowest BCUT2D eigenvalue weighted by Crippen LogP contribution is -2.32. The highest BCUT2D eigenvalue weighted by Crippen LogP contribution is 2.27. The number of fused-ring (bicyclic) bond motifs is 1. The number of aromatic carboxylic acids is 1. The van der Waals surface area contributed by atoms with Crippen molar-refractivity contribution >= 4 is 33.3 Å². The van der Waals surface area contributed by atoms with Crippen LogP contribution in [0, 0.1) is 0 Å². The number of benzene rings is 1. The van der Waals surface area contributed by atoms with Gasteiger partial charge in [-0.15, -0.1) is 11.3 Å². The Labute approximate surface area is 120 Å². The fraction of sp³-hybridized carbons (Fsp3) is 0.286. The van der Waals surface area contributed by atoms with Gasteiger partial charge in [0, 0.05) is 18.3 Å². The standard InChI is InChI=1S/C14H16N2O3S/c1-15-13(17)7-16(2)6-10-8-20-12-4-3-9(14(18)19)5-11(10)12/h3-5,8H,6-7H2,1-2H3,(H,15,17)(H,18,19). The topological polar surface area (TPSA) is 69.6 Å². The molecule has 2 N–H and O–H groups in total. The van der Waals surface area contributed by atoms with Gasteiger partial charge in [-0.3, -0.25) is 9.69 Å². The van der Waals surface area contributed by atoms with E-state index in [1.807, 2.05) is 23.4 Å². The van der Waals surface area contributed by atoms with Crippen LogP contribution in [0.2, 0.25) is 0 Å². The van der Waals surface area contributed by atoms with Crippen LogP contribution in [0.1, 0.15) is 15.9 Å². The summed E-state index contributed by atoms with van der Waals surface area (Å²) in [5.74, 6) is -0.971. The van der Waals surface area contributed by atoms with Gasteiger partial charge in [-0.25, -0.2) is 4.79 Å². The fourth-order valence-electron chi connectivity index (χ4n) is 2.01. The highest BCUT2D eigenvalue weighted by Gasteiger charge is 2.11. The number of carboxylic acid groups (broad SMARTS) is 1. The molecule has 0 fully saturated rings. The lowest BCUT2D eigenvalue weighted by atomic mass is 10.1. The minimum atomic E-state index is -0.928. The van der Waals surface area contributed by atoms with Crippen LogP contribution in [0.25, 0.3) is 10.1 Å². The molecule has 0 aliphatic rings. The summed E-state index contributed by atoms with van der Waals surface area (Å²) in [4.78, 5) is 24.3. The van der Waals surface area contributed by atoms with E-state index in [-0.39, 0.29) is 11.5 Å². The number of nitrogens with zero attached hydrogens (tertiary/aromatic N) is 1. The van der Waals surface area contributed by atoms with Crippen molar-refractivity contribution in [2.75, 3.05) is 20.6 Å². The van der Waals surface area contributed by atoms with Gasteiger partial charge in [-0.2, -0.15) is 0 Å². The van der Waals surface area contributed by atoms with E-state index >= 15 is 0 Å². The normalized spacial score (nSPS) is 10.9. The van der Waals surface area contributed by atoms with Crippen LogP contribution in [-0.2, 0) is 11.3 Å². The van der Waals surface area contributed by atoms with Crippen molar-refractivity contribution < 1.29 is 14.7 Å². The Bertz CT molecular complexity index is 651. The molecule has 106 valence electrons. The van der Waals surface area contributed by atoms with Gasteiger partial charge < -0.3 is 10.4 Å². The lowest BCUT2D eigenvalue weighted by Gasteiger charge is -2.15.